The number of aromatic nitrogens is 4. The summed E-state index contributed by atoms with van der Waals surface area (Å²) >= 11 is 3.40. The summed E-state index contributed by atoms with van der Waals surface area (Å²) in [5.74, 6) is 1.76. The third-order valence-electron chi connectivity index (χ3n) is 3.96. The predicted octanol–water partition coefficient (Wildman–Crippen LogP) is 1.28. The molecular weight excluding hydrogens is 360 g/mol. The Morgan fingerprint density at radius 1 is 1.09 bits per heavy atom. The summed E-state index contributed by atoms with van der Waals surface area (Å²) < 4.78 is 1.90. The molecule has 0 bridgehead atoms. The molecule has 0 aromatic carbocycles. The zero-order valence-corrected chi connectivity index (χ0v) is 15.0. The maximum atomic E-state index is 12.0. The Morgan fingerprint density at radius 2 is 1.74 bits per heavy atom. The van der Waals surface area contributed by atoms with Crippen molar-refractivity contribution in [2.75, 3.05) is 36.0 Å². The number of rotatable bonds is 2. The Hall–Kier alpha value is -1.96. The highest BCUT2D eigenvalue weighted by Gasteiger charge is 2.21. The van der Waals surface area contributed by atoms with E-state index in [1.807, 2.05) is 19.9 Å². The number of anilines is 2. The summed E-state index contributed by atoms with van der Waals surface area (Å²) in [7, 11) is 1.65. The average Bonchev–Trinajstić information content (AvgIpc) is 2.52. The van der Waals surface area contributed by atoms with Gasteiger partial charge < -0.3 is 9.80 Å². The van der Waals surface area contributed by atoms with Crippen LogP contribution in [0.25, 0.3) is 0 Å². The van der Waals surface area contributed by atoms with Crippen LogP contribution in [0, 0.1) is 13.8 Å². The van der Waals surface area contributed by atoms with Crippen molar-refractivity contribution in [3.63, 3.8) is 0 Å². The second-order valence-electron chi connectivity index (χ2n) is 5.66. The van der Waals surface area contributed by atoms with E-state index in [1.165, 1.54) is 4.68 Å². The van der Waals surface area contributed by atoms with Gasteiger partial charge in [-0.15, -0.1) is 0 Å². The number of halogens is 1. The van der Waals surface area contributed by atoms with Crippen molar-refractivity contribution < 1.29 is 0 Å². The van der Waals surface area contributed by atoms with Gasteiger partial charge in [0.05, 0.1) is 11.9 Å². The highest BCUT2D eigenvalue weighted by molar-refractivity contribution is 9.10. The lowest BCUT2D eigenvalue weighted by Gasteiger charge is -2.36. The molecule has 1 aliphatic heterocycles. The summed E-state index contributed by atoms with van der Waals surface area (Å²) in [5, 5.41) is 4.11. The average molecular weight is 379 g/mol. The Bertz CT molecular complexity index is 762. The largest absolute Gasteiger partial charge is 0.366 e. The van der Waals surface area contributed by atoms with E-state index < -0.39 is 0 Å². The lowest BCUT2D eigenvalue weighted by molar-refractivity contribution is 0.634. The van der Waals surface area contributed by atoms with E-state index in [1.54, 1.807) is 13.2 Å². The van der Waals surface area contributed by atoms with E-state index in [4.69, 9.17) is 0 Å². The smallest absolute Gasteiger partial charge is 0.282 e. The number of hydrogen-bond donors (Lipinski definition) is 0. The highest BCUT2D eigenvalue weighted by Crippen LogP contribution is 2.24. The Labute approximate surface area is 143 Å². The quantitative estimate of drug-likeness (QED) is 0.783. The van der Waals surface area contributed by atoms with Crippen LogP contribution in [-0.4, -0.2) is 45.9 Å². The van der Waals surface area contributed by atoms with Gasteiger partial charge in [0.2, 0.25) is 0 Å². The fourth-order valence-corrected chi connectivity index (χ4v) is 3.37. The van der Waals surface area contributed by atoms with E-state index in [-0.39, 0.29) is 5.56 Å². The van der Waals surface area contributed by atoms with E-state index in [0.717, 1.165) is 49.2 Å². The molecule has 0 N–H and O–H groups in total. The first-order valence-corrected chi connectivity index (χ1v) is 8.29. The lowest BCUT2D eigenvalue weighted by Crippen LogP contribution is -2.47. The Morgan fingerprint density at radius 3 is 2.39 bits per heavy atom. The summed E-state index contributed by atoms with van der Waals surface area (Å²) in [6, 6.07) is 2.01. The van der Waals surface area contributed by atoms with Crippen LogP contribution in [0.2, 0.25) is 0 Å². The normalized spacial score (nSPS) is 15.1. The van der Waals surface area contributed by atoms with Crippen molar-refractivity contribution in [2.45, 2.75) is 13.8 Å². The molecule has 0 unspecified atom stereocenters. The van der Waals surface area contributed by atoms with Crippen molar-refractivity contribution >= 4 is 27.4 Å². The van der Waals surface area contributed by atoms with Gasteiger partial charge in [-0.3, -0.25) is 4.79 Å². The van der Waals surface area contributed by atoms with Crippen LogP contribution in [-0.2, 0) is 7.05 Å². The molecule has 2 aromatic rings. The van der Waals surface area contributed by atoms with Crippen molar-refractivity contribution in [1.82, 2.24) is 19.7 Å². The van der Waals surface area contributed by atoms with Crippen LogP contribution in [0.4, 0.5) is 11.5 Å². The first kappa shape index (κ1) is 15.9. The minimum atomic E-state index is -0.119. The maximum absolute atomic E-state index is 12.0. The molecule has 1 fully saturated rings. The Balaban J connectivity index is 1.76. The van der Waals surface area contributed by atoms with Crippen LogP contribution < -0.4 is 15.4 Å². The topological polar surface area (TPSA) is 67.2 Å². The van der Waals surface area contributed by atoms with Crippen molar-refractivity contribution in [2.24, 2.45) is 7.05 Å². The molecule has 0 aliphatic carbocycles. The molecule has 0 amide bonds. The van der Waals surface area contributed by atoms with Crippen molar-refractivity contribution in [1.29, 1.82) is 0 Å². The minimum absolute atomic E-state index is 0.119. The van der Waals surface area contributed by atoms with Gasteiger partial charge in [-0.05, 0) is 29.8 Å². The summed E-state index contributed by atoms with van der Waals surface area (Å²) in [5.41, 5.74) is 1.71. The first-order valence-electron chi connectivity index (χ1n) is 7.49. The molecule has 7 nitrogen and oxygen atoms in total. The van der Waals surface area contributed by atoms with E-state index >= 15 is 0 Å². The molecule has 3 rings (SSSR count). The summed E-state index contributed by atoms with van der Waals surface area (Å²) in [6.07, 6.45) is 1.74. The zero-order chi connectivity index (χ0) is 16.6. The predicted molar refractivity (Wildman–Crippen MR) is 93.1 cm³/mol. The van der Waals surface area contributed by atoms with E-state index in [0.29, 0.717) is 4.47 Å². The molecule has 0 spiro atoms. The van der Waals surface area contributed by atoms with E-state index in [9.17, 15) is 4.79 Å². The molecule has 122 valence electrons. The van der Waals surface area contributed by atoms with Crippen molar-refractivity contribution in [3.05, 3.63) is 38.6 Å². The molecule has 0 saturated carbocycles. The SMILES string of the molecule is Cc1cc(N2CCN(c3cnn(C)c(=O)c3Br)CC2)nc(C)n1. The zero-order valence-electron chi connectivity index (χ0n) is 13.5. The lowest BCUT2D eigenvalue weighted by atomic mass is 10.2. The van der Waals surface area contributed by atoms with Crippen LogP contribution in [0.3, 0.4) is 0 Å². The molecule has 1 aliphatic rings. The molecule has 3 heterocycles. The number of nitrogens with zero attached hydrogens (tertiary/aromatic N) is 6. The van der Waals surface area contributed by atoms with Gasteiger partial charge in [-0.2, -0.15) is 5.10 Å². The number of aryl methyl sites for hydroxylation is 3. The number of piperazine rings is 1. The van der Waals surface area contributed by atoms with Crippen LogP contribution >= 0.6 is 15.9 Å². The number of hydrogen-bond acceptors (Lipinski definition) is 6. The molecule has 23 heavy (non-hydrogen) atoms. The van der Waals surface area contributed by atoms with E-state index in [2.05, 4.69) is 40.8 Å². The van der Waals surface area contributed by atoms with Gasteiger partial charge >= 0.3 is 0 Å². The fraction of sp³-hybridized carbons (Fsp3) is 0.467. The molecule has 1 saturated heterocycles. The first-order chi connectivity index (χ1) is 11.0. The van der Waals surface area contributed by atoms with Crippen molar-refractivity contribution in [3.8, 4) is 0 Å². The third-order valence-corrected chi connectivity index (χ3v) is 4.70. The summed E-state index contributed by atoms with van der Waals surface area (Å²) in [4.78, 5) is 25.3. The fourth-order valence-electron chi connectivity index (χ4n) is 2.76. The van der Waals surface area contributed by atoms with Gasteiger partial charge in [0, 0.05) is 45.0 Å². The van der Waals surface area contributed by atoms with Gasteiger partial charge in [0.15, 0.2) is 0 Å². The second-order valence-corrected chi connectivity index (χ2v) is 6.45. The standard InChI is InChI=1S/C15H19BrN6O/c1-10-8-13(19-11(2)18-10)22-6-4-21(5-7-22)12-9-17-20(3)15(23)14(12)16/h8-9H,4-7H2,1-3H3. The van der Waals surface area contributed by atoms with Crippen LogP contribution in [0.1, 0.15) is 11.5 Å². The minimum Gasteiger partial charge on any atom is -0.366 e. The van der Waals surface area contributed by atoms with Crippen LogP contribution in [0.15, 0.2) is 21.5 Å². The van der Waals surface area contributed by atoms with Crippen LogP contribution in [0.5, 0.6) is 0 Å². The molecule has 0 atom stereocenters. The van der Waals surface area contributed by atoms with Gasteiger partial charge in [0.1, 0.15) is 16.1 Å². The maximum Gasteiger partial charge on any atom is 0.282 e. The van der Waals surface area contributed by atoms with Gasteiger partial charge in [-0.1, -0.05) is 0 Å². The van der Waals surface area contributed by atoms with Gasteiger partial charge in [-0.25, -0.2) is 14.6 Å². The Kier molecular flexibility index (Phi) is 4.34. The highest BCUT2D eigenvalue weighted by atomic mass is 79.9. The monoisotopic (exact) mass is 378 g/mol. The second kappa shape index (κ2) is 6.27. The molecule has 8 heteroatoms. The molecule has 0 radical (unpaired) electrons. The molecule has 2 aromatic heterocycles. The third kappa shape index (κ3) is 3.21. The summed E-state index contributed by atoms with van der Waals surface area (Å²) in [6.45, 7) is 7.21. The van der Waals surface area contributed by atoms with Gasteiger partial charge in [0.25, 0.3) is 5.56 Å². The molecular formula is C15H19BrN6O.